The van der Waals surface area contributed by atoms with Gasteiger partial charge in [0, 0.05) is 5.92 Å². The summed E-state index contributed by atoms with van der Waals surface area (Å²) in [5, 5.41) is 8.30. The Morgan fingerprint density at radius 1 is 1.28 bits per heavy atom. The lowest BCUT2D eigenvalue weighted by molar-refractivity contribution is -0.137. The van der Waals surface area contributed by atoms with Gasteiger partial charge in [0.1, 0.15) is 11.6 Å². The van der Waals surface area contributed by atoms with E-state index in [1.165, 1.54) is 18.4 Å². The van der Waals surface area contributed by atoms with Gasteiger partial charge in [0.05, 0.1) is 25.0 Å². The van der Waals surface area contributed by atoms with Crippen LogP contribution in [0.25, 0.3) is 6.08 Å². The Balaban J connectivity index is 1.98. The number of alkyl halides is 3. The summed E-state index contributed by atoms with van der Waals surface area (Å²) in [5.74, 6) is 1.93. The van der Waals surface area contributed by atoms with E-state index in [1.807, 2.05) is 18.4 Å². The maximum absolute atomic E-state index is 13.1. The molecule has 0 atom stereocenters. The first kappa shape index (κ1) is 17.5. The van der Waals surface area contributed by atoms with Crippen molar-refractivity contribution in [2.24, 2.45) is 0 Å². The minimum absolute atomic E-state index is 0.306. The fourth-order valence-electron chi connectivity index (χ4n) is 2.71. The van der Waals surface area contributed by atoms with E-state index in [4.69, 9.17) is 4.74 Å². The third-order valence-electron chi connectivity index (χ3n) is 4.22. The Labute approximate surface area is 144 Å². The van der Waals surface area contributed by atoms with Crippen LogP contribution in [0, 0.1) is 6.92 Å². The Kier molecular flexibility index (Phi) is 4.83. The number of nitrogens with zero attached hydrogens (tertiary/aromatic N) is 3. The van der Waals surface area contributed by atoms with Gasteiger partial charge in [-0.25, -0.2) is 0 Å². The summed E-state index contributed by atoms with van der Waals surface area (Å²) >= 11 is 0. The van der Waals surface area contributed by atoms with Crippen molar-refractivity contribution >= 4 is 6.08 Å². The Morgan fingerprint density at radius 3 is 2.68 bits per heavy atom. The standard InChI is InChI=1S/C18H20F3N3O/c1-3-25-9-8-13-6-7-16(18(19,20)21)10-15(13)11-24-12(2)22-23-17(24)14-4-5-14/h6-10,14H,3-5,11H2,1-2H3. The molecule has 4 nitrogen and oxygen atoms in total. The number of aryl methyl sites for hydroxylation is 1. The van der Waals surface area contributed by atoms with Crippen molar-refractivity contribution in [3.63, 3.8) is 0 Å². The third kappa shape index (κ3) is 4.03. The van der Waals surface area contributed by atoms with Gasteiger partial charge in [-0.05, 0) is 56.0 Å². The molecule has 1 aromatic carbocycles. The molecular formula is C18H20F3N3O. The molecule has 0 bridgehead atoms. The first-order valence-electron chi connectivity index (χ1n) is 8.28. The molecule has 1 aromatic heterocycles. The molecule has 3 rings (SSSR count). The predicted molar refractivity (Wildman–Crippen MR) is 87.9 cm³/mol. The second-order valence-corrected chi connectivity index (χ2v) is 6.14. The summed E-state index contributed by atoms with van der Waals surface area (Å²) in [5.41, 5.74) is 0.599. The first-order chi connectivity index (χ1) is 11.9. The topological polar surface area (TPSA) is 39.9 Å². The molecule has 0 aliphatic heterocycles. The van der Waals surface area contributed by atoms with Crippen molar-refractivity contribution in [1.82, 2.24) is 14.8 Å². The average molecular weight is 351 g/mol. The predicted octanol–water partition coefficient (Wildman–Crippen LogP) is 4.54. The van der Waals surface area contributed by atoms with E-state index >= 15 is 0 Å². The van der Waals surface area contributed by atoms with Gasteiger partial charge in [0.2, 0.25) is 0 Å². The second kappa shape index (κ2) is 6.90. The highest BCUT2D eigenvalue weighted by Crippen LogP contribution is 2.39. The summed E-state index contributed by atoms with van der Waals surface area (Å²) in [6.07, 6.45) is 0.927. The van der Waals surface area contributed by atoms with E-state index in [1.54, 1.807) is 6.08 Å². The van der Waals surface area contributed by atoms with Gasteiger partial charge in [-0.3, -0.25) is 0 Å². The van der Waals surface area contributed by atoms with Crippen LogP contribution < -0.4 is 0 Å². The molecule has 1 aliphatic carbocycles. The van der Waals surface area contributed by atoms with Crippen LogP contribution in [-0.2, 0) is 17.5 Å². The zero-order chi connectivity index (χ0) is 18.0. The maximum atomic E-state index is 13.1. The van der Waals surface area contributed by atoms with Crippen molar-refractivity contribution in [2.45, 2.75) is 45.3 Å². The number of hydrogen-bond acceptors (Lipinski definition) is 3. The average Bonchev–Trinajstić information content (AvgIpc) is 3.33. The smallest absolute Gasteiger partial charge is 0.416 e. The summed E-state index contributed by atoms with van der Waals surface area (Å²) in [6, 6.07) is 3.77. The van der Waals surface area contributed by atoms with Crippen molar-refractivity contribution in [2.75, 3.05) is 6.61 Å². The SMILES string of the molecule is CCOC=Cc1ccc(C(F)(F)F)cc1Cn1c(C)nnc1C1CC1. The van der Waals surface area contributed by atoms with Gasteiger partial charge in [-0.2, -0.15) is 13.2 Å². The lowest BCUT2D eigenvalue weighted by Crippen LogP contribution is -2.10. The van der Waals surface area contributed by atoms with E-state index < -0.39 is 11.7 Å². The largest absolute Gasteiger partial charge is 0.501 e. The molecule has 25 heavy (non-hydrogen) atoms. The van der Waals surface area contributed by atoms with Crippen LogP contribution in [0.2, 0.25) is 0 Å². The first-order valence-corrected chi connectivity index (χ1v) is 8.28. The van der Waals surface area contributed by atoms with Crippen molar-refractivity contribution in [3.8, 4) is 0 Å². The summed E-state index contributed by atoms with van der Waals surface area (Å²) < 4.78 is 46.4. The van der Waals surface area contributed by atoms with Crippen molar-refractivity contribution < 1.29 is 17.9 Å². The normalized spacial score (nSPS) is 15.1. The lowest BCUT2D eigenvalue weighted by Gasteiger charge is -2.14. The Bertz CT molecular complexity index is 776. The molecule has 0 N–H and O–H groups in total. The number of hydrogen-bond donors (Lipinski definition) is 0. The third-order valence-corrected chi connectivity index (χ3v) is 4.22. The zero-order valence-electron chi connectivity index (χ0n) is 14.2. The van der Waals surface area contributed by atoms with E-state index in [0.29, 0.717) is 36.0 Å². The quantitative estimate of drug-likeness (QED) is 0.718. The molecule has 7 heteroatoms. The zero-order valence-corrected chi connectivity index (χ0v) is 14.2. The summed E-state index contributed by atoms with van der Waals surface area (Å²) in [4.78, 5) is 0. The van der Waals surface area contributed by atoms with Gasteiger partial charge < -0.3 is 9.30 Å². The summed E-state index contributed by atoms with van der Waals surface area (Å²) in [6.45, 7) is 4.48. The van der Waals surface area contributed by atoms with Crippen molar-refractivity contribution in [1.29, 1.82) is 0 Å². The number of halogens is 3. The molecule has 2 aromatic rings. The fourth-order valence-corrected chi connectivity index (χ4v) is 2.71. The van der Waals surface area contributed by atoms with Gasteiger partial charge in [-0.15, -0.1) is 10.2 Å². The van der Waals surface area contributed by atoms with Crippen molar-refractivity contribution in [3.05, 3.63) is 52.8 Å². The molecule has 1 saturated carbocycles. The molecule has 134 valence electrons. The molecular weight excluding hydrogens is 331 g/mol. The van der Waals surface area contributed by atoms with Crippen LogP contribution in [0.1, 0.15) is 54.0 Å². The van der Waals surface area contributed by atoms with Gasteiger partial charge in [0.25, 0.3) is 0 Å². The van der Waals surface area contributed by atoms with E-state index in [2.05, 4.69) is 10.2 Å². The molecule has 0 saturated heterocycles. The minimum atomic E-state index is -4.38. The van der Waals surface area contributed by atoms with E-state index in [9.17, 15) is 13.2 Å². The Morgan fingerprint density at radius 2 is 2.04 bits per heavy atom. The van der Waals surface area contributed by atoms with Gasteiger partial charge >= 0.3 is 6.18 Å². The van der Waals surface area contributed by atoms with Gasteiger partial charge in [0.15, 0.2) is 0 Å². The summed E-state index contributed by atoms with van der Waals surface area (Å²) in [7, 11) is 0. The number of ether oxygens (including phenoxy) is 1. The highest BCUT2D eigenvalue weighted by Gasteiger charge is 2.32. The second-order valence-electron chi connectivity index (χ2n) is 6.14. The highest BCUT2D eigenvalue weighted by molar-refractivity contribution is 5.54. The molecule has 0 amide bonds. The van der Waals surface area contributed by atoms with Crippen LogP contribution >= 0.6 is 0 Å². The molecule has 1 fully saturated rings. The number of aromatic nitrogens is 3. The molecule has 0 unspecified atom stereocenters. The van der Waals surface area contributed by atoms with Crippen LogP contribution in [0.3, 0.4) is 0 Å². The number of benzene rings is 1. The maximum Gasteiger partial charge on any atom is 0.416 e. The number of rotatable bonds is 6. The highest BCUT2D eigenvalue weighted by atomic mass is 19.4. The van der Waals surface area contributed by atoms with Gasteiger partial charge in [-0.1, -0.05) is 6.07 Å². The monoisotopic (exact) mass is 351 g/mol. The molecule has 0 spiro atoms. The van der Waals surface area contributed by atoms with Crippen LogP contribution in [0.4, 0.5) is 13.2 Å². The molecule has 1 aliphatic rings. The molecule has 1 heterocycles. The van der Waals surface area contributed by atoms with Crippen LogP contribution in [-0.4, -0.2) is 21.4 Å². The van der Waals surface area contributed by atoms with E-state index in [0.717, 1.165) is 24.7 Å². The van der Waals surface area contributed by atoms with Crippen LogP contribution in [0.15, 0.2) is 24.5 Å². The van der Waals surface area contributed by atoms with Crippen LogP contribution in [0.5, 0.6) is 0 Å². The molecule has 0 radical (unpaired) electrons. The fraction of sp³-hybridized carbons (Fsp3) is 0.444. The Hall–Kier alpha value is -2.31. The van der Waals surface area contributed by atoms with E-state index in [-0.39, 0.29) is 0 Å². The minimum Gasteiger partial charge on any atom is -0.501 e. The lowest BCUT2D eigenvalue weighted by atomic mass is 10.0.